The summed E-state index contributed by atoms with van der Waals surface area (Å²) in [5, 5.41) is 0. The molecule has 2 heteroatoms. The van der Waals surface area contributed by atoms with Crippen LogP contribution >= 0.6 is 0 Å². The third kappa shape index (κ3) is 1.07. The molecule has 1 aliphatic carbocycles. The van der Waals surface area contributed by atoms with Crippen molar-refractivity contribution >= 4 is 11.4 Å². The van der Waals surface area contributed by atoms with Gasteiger partial charge in [-0.25, -0.2) is 0 Å². The lowest BCUT2D eigenvalue weighted by atomic mass is 9.83. The molecule has 0 atom stereocenters. The zero-order valence-corrected chi connectivity index (χ0v) is 8.60. The van der Waals surface area contributed by atoms with Crippen LogP contribution in [0.25, 0.3) is 5.57 Å². The number of carbonyl (C=O) groups excluding carboxylic acids is 1. The van der Waals surface area contributed by atoms with E-state index in [-0.39, 0.29) is 5.78 Å². The van der Waals surface area contributed by atoms with Crippen molar-refractivity contribution in [3.05, 3.63) is 71.6 Å². The highest BCUT2D eigenvalue weighted by Crippen LogP contribution is 2.33. The summed E-state index contributed by atoms with van der Waals surface area (Å²) in [4.78, 5) is 16.2. The van der Waals surface area contributed by atoms with Gasteiger partial charge in [-0.1, -0.05) is 30.8 Å². The molecule has 3 rings (SSSR count). The van der Waals surface area contributed by atoms with E-state index in [1.165, 1.54) is 0 Å². The predicted octanol–water partition coefficient (Wildman–Crippen LogP) is 2.69. The van der Waals surface area contributed by atoms with Crippen molar-refractivity contribution in [1.29, 1.82) is 0 Å². The van der Waals surface area contributed by atoms with Crippen LogP contribution < -0.4 is 0 Å². The fraction of sp³-hybridized carbons (Fsp3) is 0. The lowest BCUT2D eigenvalue weighted by Crippen LogP contribution is -2.13. The molecule has 0 saturated heterocycles. The second-order valence-corrected chi connectivity index (χ2v) is 3.77. The van der Waals surface area contributed by atoms with Gasteiger partial charge in [0.05, 0.1) is 0 Å². The number of benzene rings is 1. The molecule has 0 saturated carbocycles. The Morgan fingerprint density at radius 3 is 2.44 bits per heavy atom. The molecular formula is C14H9NO. The van der Waals surface area contributed by atoms with Gasteiger partial charge in [-0.3, -0.25) is 9.78 Å². The summed E-state index contributed by atoms with van der Waals surface area (Å²) in [6.07, 6.45) is 3.34. The van der Waals surface area contributed by atoms with Crippen LogP contribution in [0, 0.1) is 0 Å². The maximum atomic E-state index is 12.2. The van der Waals surface area contributed by atoms with E-state index in [9.17, 15) is 4.79 Å². The van der Waals surface area contributed by atoms with Gasteiger partial charge in [0.15, 0.2) is 5.78 Å². The Morgan fingerprint density at radius 1 is 0.938 bits per heavy atom. The number of hydrogen-bond donors (Lipinski definition) is 0. The molecule has 2 nitrogen and oxygen atoms in total. The predicted molar refractivity (Wildman–Crippen MR) is 62.2 cm³/mol. The first-order valence-electron chi connectivity index (χ1n) is 5.06. The summed E-state index contributed by atoms with van der Waals surface area (Å²) >= 11 is 0. The van der Waals surface area contributed by atoms with Crippen molar-refractivity contribution in [3.63, 3.8) is 0 Å². The van der Waals surface area contributed by atoms with Crippen LogP contribution in [-0.4, -0.2) is 10.8 Å². The molecule has 0 aliphatic heterocycles. The molecule has 1 aliphatic rings. The molecule has 2 aromatic rings. The van der Waals surface area contributed by atoms with Gasteiger partial charge in [-0.15, -0.1) is 0 Å². The number of fused-ring (bicyclic) bond motifs is 2. The maximum absolute atomic E-state index is 12.2. The molecule has 0 unspecified atom stereocenters. The lowest BCUT2D eigenvalue weighted by Gasteiger charge is -2.19. The fourth-order valence-corrected chi connectivity index (χ4v) is 2.07. The Hall–Kier alpha value is -2.22. The minimum Gasteiger partial charge on any atom is -0.289 e. The smallest absolute Gasteiger partial charge is 0.194 e. The van der Waals surface area contributed by atoms with Crippen molar-refractivity contribution in [3.8, 4) is 0 Å². The molecule has 0 radical (unpaired) electrons. The van der Waals surface area contributed by atoms with Crippen LogP contribution in [0.15, 0.2) is 49.3 Å². The van der Waals surface area contributed by atoms with Crippen LogP contribution in [0.4, 0.5) is 0 Å². The van der Waals surface area contributed by atoms with Crippen molar-refractivity contribution in [2.45, 2.75) is 0 Å². The molecule has 1 heterocycles. The van der Waals surface area contributed by atoms with Gasteiger partial charge >= 0.3 is 0 Å². The van der Waals surface area contributed by atoms with E-state index in [0.717, 1.165) is 22.3 Å². The Bertz CT molecular complexity index is 508. The minimum absolute atomic E-state index is 0.0559. The average molecular weight is 207 g/mol. The first kappa shape index (κ1) is 9.04. The molecule has 0 N–H and O–H groups in total. The topological polar surface area (TPSA) is 30.0 Å². The summed E-state index contributed by atoms with van der Waals surface area (Å²) in [6, 6.07) is 9.30. The highest BCUT2D eigenvalue weighted by Gasteiger charge is 2.24. The van der Waals surface area contributed by atoms with Crippen LogP contribution in [0.5, 0.6) is 0 Å². The second-order valence-electron chi connectivity index (χ2n) is 3.77. The number of carbonyl (C=O) groups is 1. The number of rotatable bonds is 0. The summed E-state index contributed by atoms with van der Waals surface area (Å²) in [5.74, 6) is 0.0559. The molecule has 76 valence electrons. The average Bonchev–Trinajstić information content (AvgIpc) is 2.36. The molecule has 1 aromatic heterocycles. The van der Waals surface area contributed by atoms with Gasteiger partial charge in [0.1, 0.15) is 0 Å². The first-order valence-corrected chi connectivity index (χ1v) is 5.06. The summed E-state index contributed by atoms with van der Waals surface area (Å²) in [7, 11) is 0. The Morgan fingerprint density at radius 2 is 1.62 bits per heavy atom. The quantitative estimate of drug-likeness (QED) is 0.567. The maximum Gasteiger partial charge on any atom is 0.194 e. The minimum atomic E-state index is 0.0559. The standard InChI is InChI=1S/C14H9NO/c1-9-10-4-2-3-5-11(10)14(16)12-6-7-15-8-13(9)12/h2-8H,1H2. The third-order valence-electron chi connectivity index (χ3n) is 2.89. The number of pyridine rings is 1. The number of nitrogens with zero attached hydrogens (tertiary/aromatic N) is 1. The van der Waals surface area contributed by atoms with E-state index in [2.05, 4.69) is 11.6 Å². The number of hydrogen-bond acceptors (Lipinski definition) is 2. The van der Waals surface area contributed by atoms with E-state index in [1.807, 2.05) is 24.3 Å². The van der Waals surface area contributed by atoms with Crippen LogP contribution in [-0.2, 0) is 0 Å². The molecule has 0 amide bonds. The van der Waals surface area contributed by atoms with E-state index in [0.29, 0.717) is 5.56 Å². The summed E-state index contributed by atoms with van der Waals surface area (Å²) in [5.41, 5.74) is 4.04. The molecule has 16 heavy (non-hydrogen) atoms. The monoisotopic (exact) mass is 207 g/mol. The zero-order valence-electron chi connectivity index (χ0n) is 8.60. The van der Waals surface area contributed by atoms with Gasteiger partial charge in [0.2, 0.25) is 0 Å². The largest absolute Gasteiger partial charge is 0.289 e. The van der Waals surface area contributed by atoms with E-state index >= 15 is 0 Å². The normalized spacial score (nSPS) is 13.2. The van der Waals surface area contributed by atoms with Crippen molar-refractivity contribution in [1.82, 2.24) is 4.98 Å². The molecular weight excluding hydrogens is 198 g/mol. The van der Waals surface area contributed by atoms with E-state index < -0.39 is 0 Å². The molecule has 0 spiro atoms. The first-order chi connectivity index (χ1) is 7.79. The highest BCUT2D eigenvalue weighted by molar-refractivity contribution is 6.18. The Labute approximate surface area is 93.3 Å². The van der Waals surface area contributed by atoms with Gasteiger partial charge in [-0.2, -0.15) is 0 Å². The van der Waals surface area contributed by atoms with E-state index in [1.54, 1.807) is 18.5 Å². The summed E-state index contributed by atoms with van der Waals surface area (Å²) < 4.78 is 0. The van der Waals surface area contributed by atoms with Crippen molar-refractivity contribution < 1.29 is 4.79 Å². The lowest BCUT2D eigenvalue weighted by molar-refractivity contribution is 0.103. The third-order valence-corrected chi connectivity index (χ3v) is 2.89. The second kappa shape index (κ2) is 3.14. The zero-order chi connectivity index (χ0) is 11.1. The van der Waals surface area contributed by atoms with Crippen molar-refractivity contribution in [2.24, 2.45) is 0 Å². The summed E-state index contributed by atoms with van der Waals surface area (Å²) in [6.45, 7) is 4.04. The SMILES string of the molecule is C=C1c2ccccc2C(=O)c2ccncc21. The van der Waals surface area contributed by atoms with Gasteiger partial charge in [0.25, 0.3) is 0 Å². The van der Waals surface area contributed by atoms with Crippen LogP contribution in [0.1, 0.15) is 27.0 Å². The highest BCUT2D eigenvalue weighted by atomic mass is 16.1. The number of aromatic nitrogens is 1. The Balaban J connectivity index is 2.35. The van der Waals surface area contributed by atoms with Gasteiger partial charge in [-0.05, 0) is 17.2 Å². The molecule has 0 fully saturated rings. The van der Waals surface area contributed by atoms with Crippen molar-refractivity contribution in [2.75, 3.05) is 0 Å². The molecule has 0 bridgehead atoms. The van der Waals surface area contributed by atoms with Gasteiger partial charge in [0, 0.05) is 29.1 Å². The van der Waals surface area contributed by atoms with Crippen LogP contribution in [0.2, 0.25) is 0 Å². The number of ketones is 1. The van der Waals surface area contributed by atoms with E-state index in [4.69, 9.17) is 0 Å². The molecule has 1 aromatic carbocycles. The van der Waals surface area contributed by atoms with Gasteiger partial charge < -0.3 is 0 Å². The Kier molecular flexibility index (Phi) is 1.77. The van der Waals surface area contributed by atoms with Crippen LogP contribution in [0.3, 0.4) is 0 Å². The fourth-order valence-electron chi connectivity index (χ4n) is 2.07.